The van der Waals surface area contributed by atoms with Crippen LogP contribution in [0.4, 0.5) is 0 Å². The molecule has 0 aliphatic heterocycles. The minimum absolute atomic E-state index is 0.268. The van der Waals surface area contributed by atoms with Crippen LogP contribution >= 0.6 is 0 Å². The fourth-order valence-corrected chi connectivity index (χ4v) is 1.69. The van der Waals surface area contributed by atoms with Crippen LogP contribution in [-0.4, -0.2) is 47.9 Å². The Morgan fingerprint density at radius 2 is 1.35 bits per heavy atom. The molecule has 0 amide bonds. The third-order valence-electron chi connectivity index (χ3n) is 2.94. The number of ether oxygens (including phenoxy) is 1. The van der Waals surface area contributed by atoms with Gasteiger partial charge in [-0.05, 0) is 18.3 Å². The van der Waals surface area contributed by atoms with Crippen molar-refractivity contribution in [1.82, 2.24) is 0 Å². The highest BCUT2D eigenvalue weighted by atomic mass is 16.5. The number of aliphatic hydroxyl groups excluding tert-OH is 3. The maximum Gasteiger partial charge on any atom is 0.0700 e. The molecule has 0 saturated carbocycles. The van der Waals surface area contributed by atoms with Crippen LogP contribution in [0.2, 0.25) is 0 Å². The van der Waals surface area contributed by atoms with Gasteiger partial charge in [0.1, 0.15) is 0 Å². The molecule has 4 heteroatoms. The van der Waals surface area contributed by atoms with Crippen LogP contribution in [-0.2, 0) is 4.74 Å². The molecule has 0 rings (SSSR count). The Kier molecular flexibility index (Phi) is 7.96. The molecule has 1 unspecified atom stereocenters. The van der Waals surface area contributed by atoms with E-state index in [1.165, 1.54) is 0 Å². The average molecular weight is 248 g/mol. The van der Waals surface area contributed by atoms with E-state index in [1.54, 1.807) is 0 Å². The maximum absolute atomic E-state index is 9.43. The summed E-state index contributed by atoms with van der Waals surface area (Å²) < 4.78 is 5.77. The molecule has 1 atom stereocenters. The number of hydrogen-bond donors (Lipinski definition) is 3. The molecular weight excluding hydrogens is 220 g/mol. The lowest BCUT2D eigenvalue weighted by molar-refractivity contribution is -0.124. The first kappa shape index (κ1) is 16.8. The Bertz CT molecular complexity index is 180. The summed E-state index contributed by atoms with van der Waals surface area (Å²) in [5, 5.41) is 28.3. The van der Waals surface area contributed by atoms with E-state index in [4.69, 9.17) is 4.74 Å². The molecule has 0 aliphatic rings. The van der Waals surface area contributed by atoms with E-state index in [2.05, 4.69) is 13.8 Å². The minimum Gasteiger partial charge on any atom is -0.396 e. The predicted octanol–water partition coefficient (Wildman–Crippen LogP) is 1.04. The molecule has 0 aliphatic carbocycles. The summed E-state index contributed by atoms with van der Waals surface area (Å²) in [5.74, 6) is 0.773. The molecule has 0 fully saturated rings. The fourth-order valence-electron chi connectivity index (χ4n) is 1.69. The monoisotopic (exact) mass is 248 g/mol. The van der Waals surface area contributed by atoms with E-state index in [9.17, 15) is 15.3 Å². The van der Waals surface area contributed by atoms with Gasteiger partial charge in [0.15, 0.2) is 0 Å². The van der Waals surface area contributed by atoms with Crippen molar-refractivity contribution in [1.29, 1.82) is 0 Å². The summed E-state index contributed by atoms with van der Waals surface area (Å²) in [5.41, 5.74) is -0.945. The van der Waals surface area contributed by atoms with Crippen LogP contribution in [0.25, 0.3) is 0 Å². The Balaban J connectivity index is 4.72. The van der Waals surface area contributed by atoms with Gasteiger partial charge in [0.2, 0.25) is 0 Å². The van der Waals surface area contributed by atoms with Crippen molar-refractivity contribution in [3.63, 3.8) is 0 Å². The third kappa shape index (κ3) is 5.34. The normalized spacial score (nSPS) is 14.6. The highest BCUT2D eigenvalue weighted by molar-refractivity contribution is 4.87. The summed E-state index contributed by atoms with van der Waals surface area (Å²) in [4.78, 5) is 0. The minimum atomic E-state index is -0.945. The van der Waals surface area contributed by atoms with Crippen LogP contribution < -0.4 is 0 Å². The molecule has 0 aromatic heterocycles. The summed E-state index contributed by atoms with van der Waals surface area (Å²) >= 11 is 0. The first-order chi connectivity index (χ1) is 7.91. The van der Waals surface area contributed by atoms with Gasteiger partial charge in [-0.25, -0.2) is 0 Å². The lowest BCUT2D eigenvalue weighted by Gasteiger charge is -2.37. The van der Waals surface area contributed by atoms with Crippen LogP contribution in [0, 0.1) is 17.3 Å². The Morgan fingerprint density at radius 1 is 0.882 bits per heavy atom. The zero-order valence-corrected chi connectivity index (χ0v) is 11.5. The van der Waals surface area contributed by atoms with Crippen molar-refractivity contribution in [2.45, 2.75) is 40.2 Å². The average Bonchev–Trinajstić information content (AvgIpc) is 2.27. The Hall–Kier alpha value is -0.160. The highest BCUT2D eigenvalue weighted by Gasteiger charge is 2.38. The first-order valence-corrected chi connectivity index (χ1v) is 6.36. The Labute approximate surface area is 105 Å². The third-order valence-corrected chi connectivity index (χ3v) is 2.94. The molecule has 0 radical (unpaired) electrons. The van der Waals surface area contributed by atoms with Gasteiger partial charge in [-0.15, -0.1) is 0 Å². The molecule has 3 N–H and O–H groups in total. The van der Waals surface area contributed by atoms with E-state index >= 15 is 0 Å². The zero-order chi connectivity index (χ0) is 13.5. The van der Waals surface area contributed by atoms with E-state index in [0.717, 1.165) is 0 Å². The molecule has 4 nitrogen and oxygen atoms in total. The topological polar surface area (TPSA) is 69.9 Å². The Morgan fingerprint density at radius 3 is 1.65 bits per heavy atom. The molecule has 0 aromatic carbocycles. The largest absolute Gasteiger partial charge is 0.396 e. The molecule has 0 aromatic rings. The van der Waals surface area contributed by atoms with Gasteiger partial charge in [-0.3, -0.25) is 0 Å². The molecule has 0 bridgehead atoms. The van der Waals surface area contributed by atoms with Gasteiger partial charge in [0.25, 0.3) is 0 Å². The summed E-state index contributed by atoms with van der Waals surface area (Å²) in [7, 11) is 0. The molecule has 0 saturated heterocycles. The summed E-state index contributed by atoms with van der Waals surface area (Å²) in [6, 6.07) is 0. The zero-order valence-electron chi connectivity index (χ0n) is 11.5. The van der Waals surface area contributed by atoms with E-state index in [1.807, 2.05) is 13.8 Å². The van der Waals surface area contributed by atoms with E-state index in [-0.39, 0.29) is 25.9 Å². The van der Waals surface area contributed by atoms with Crippen molar-refractivity contribution in [3.05, 3.63) is 0 Å². The van der Waals surface area contributed by atoms with Gasteiger partial charge in [0, 0.05) is 6.61 Å². The predicted molar refractivity (Wildman–Crippen MR) is 67.7 cm³/mol. The fraction of sp³-hybridized carbons (Fsp3) is 1.00. The number of aliphatic hydroxyl groups is 3. The van der Waals surface area contributed by atoms with Gasteiger partial charge < -0.3 is 20.1 Å². The van der Waals surface area contributed by atoms with Crippen LogP contribution in [0.1, 0.15) is 34.1 Å². The SMILES string of the molecule is CC(C)COC(CC(C)C)C(CO)(CO)CO. The van der Waals surface area contributed by atoms with Gasteiger partial charge in [0.05, 0.1) is 31.3 Å². The second-order valence-corrected chi connectivity index (χ2v) is 5.68. The van der Waals surface area contributed by atoms with Crippen molar-refractivity contribution in [3.8, 4) is 0 Å². The van der Waals surface area contributed by atoms with Crippen molar-refractivity contribution in [2.75, 3.05) is 26.4 Å². The standard InChI is InChI=1S/C13H28O4/c1-10(2)5-12(17-6-11(3)4)13(7-14,8-15)9-16/h10-12,14-16H,5-9H2,1-4H3. The maximum atomic E-state index is 9.43. The molecule has 104 valence electrons. The second kappa shape index (κ2) is 8.03. The smallest absolute Gasteiger partial charge is 0.0700 e. The second-order valence-electron chi connectivity index (χ2n) is 5.68. The molecule has 17 heavy (non-hydrogen) atoms. The highest BCUT2D eigenvalue weighted by Crippen LogP contribution is 2.28. The van der Waals surface area contributed by atoms with Crippen LogP contribution in [0.15, 0.2) is 0 Å². The molecular formula is C13H28O4. The summed E-state index contributed by atoms with van der Waals surface area (Å²) in [6.07, 6.45) is 0.402. The number of hydrogen-bond acceptors (Lipinski definition) is 4. The number of rotatable bonds is 9. The lowest BCUT2D eigenvalue weighted by Crippen LogP contribution is -2.47. The van der Waals surface area contributed by atoms with Gasteiger partial charge in [-0.2, -0.15) is 0 Å². The van der Waals surface area contributed by atoms with Gasteiger partial charge >= 0.3 is 0 Å². The summed E-state index contributed by atoms with van der Waals surface area (Å²) in [6.45, 7) is 7.97. The van der Waals surface area contributed by atoms with Crippen LogP contribution in [0.3, 0.4) is 0 Å². The van der Waals surface area contributed by atoms with E-state index < -0.39 is 5.41 Å². The lowest BCUT2D eigenvalue weighted by atomic mass is 9.80. The van der Waals surface area contributed by atoms with Crippen molar-refractivity contribution < 1.29 is 20.1 Å². The molecule has 0 heterocycles. The van der Waals surface area contributed by atoms with Gasteiger partial charge in [-0.1, -0.05) is 27.7 Å². The van der Waals surface area contributed by atoms with Crippen LogP contribution in [0.5, 0.6) is 0 Å². The molecule has 0 spiro atoms. The van der Waals surface area contributed by atoms with Crippen molar-refractivity contribution >= 4 is 0 Å². The quantitative estimate of drug-likeness (QED) is 0.570. The van der Waals surface area contributed by atoms with E-state index in [0.29, 0.717) is 24.9 Å². The van der Waals surface area contributed by atoms with Crippen molar-refractivity contribution in [2.24, 2.45) is 17.3 Å². The first-order valence-electron chi connectivity index (χ1n) is 6.36.